The van der Waals surface area contributed by atoms with Crippen LogP contribution in [0.4, 0.5) is 0 Å². The molecule has 1 aromatic carbocycles. The second-order valence-corrected chi connectivity index (χ2v) is 8.72. The summed E-state index contributed by atoms with van der Waals surface area (Å²) in [5.41, 5.74) is 2.64. The van der Waals surface area contributed by atoms with Crippen LogP contribution in [0.1, 0.15) is 62.0 Å². The number of piperidine rings is 1. The maximum atomic E-state index is 11.2. The second kappa shape index (κ2) is 9.60. The first kappa shape index (κ1) is 21.0. The summed E-state index contributed by atoms with van der Waals surface area (Å²) in [7, 11) is -4.16. The van der Waals surface area contributed by atoms with Gasteiger partial charge in [-0.25, -0.2) is 8.42 Å². The number of benzene rings is 1. The van der Waals surface area contributed by atoms with Crippen LogP contribution in [0.2, 0.25) is 0 Å². The fourth-order valence-corrected chi connectivity index (χ4v) is 4.83. The van der Waals surface area contributed by atoms with Crippen LogP contribution in [0, 0.1) is 0 Å². The Hall–Kier alpha value is 0.726. The first-order valence-corrected chi connectivity index (χ1v) is 10.3. The molecular formula is C18H26KNO3S. The van der Waals surface area contributed by atoms with Gasteiger partial charge in [-0.15, -0.1) is 0 Å². The van der Waals surface area contributed by atoms with Crippen molar-refractivity contribution in [1.82, 2.24) is 4.90 Å². The molecule has 0 radical (unpaired) electrons. The Balaban J connectivity index is 0.00000208. The summed E-state index contributed by atoms with van der Waals surface area (Å²) in [6.07, 6.45) is 7.93. The van der Waals surface area contributed by atoms with Gasteiger partial charge in [-0.1, -0.05) is 43.5 Å². The van der Waals surface area contributed by atoms with Gasteiger partial charge in [0.2, 0.25) is 0 Å². The average Bonchev–Trinajstić information content (AvgIpc) is 2.56. The zero-order valence-electron chi connectivity index (χ0n) is 14.6. The van der Waals surface area contributed by atoms with Crippen molar-refractivity contribution in [3.8, 4) is 0 Å². The molecule has 128 valence electrons. The van der Waals surface area contributed by atoms with Gasteiger partial charge in [0.1, 0.15) is 0 Å². The Morgan fingerprint density at radius 3 is 2.29 bits per heavy atom. The molecular weight excluding hydrogens is 349 g/mol. The Labute approximate surface area is 188 Å². The van der Waals surface area contributed by atoms with E-state index in [9.17, 15) is 13.0 Å². The quantitative estimate of drug-likeness (QED) is 0.559. The molecule has 6 heteroatoms. The van der Waals surface area contributed by atoms with Gasteiger partial charge < -0.3 is 4.55 Å². The molecule has 1 unspecified atom stereocenters. The molecule has 2 fully saturated rings. The molecule has 1 aromatic rings. The van der Waals surface area contributed by atoms with E-state index in [0.29, 0.717) is 18.9 Å². The molecule has 0 spiro atoms. The van der Waals surface area contributed by atoms with Crippen LogP contribution in [0.15, 0.2) is 24.3 Å². The van der Waals surface area contributed by atoms with Crippen LogP contribution in [0.25, 0.3) is 0 Å². The third kappa shape index (κ3) is 5.88. The van der Waals surface area contributed by atoms with E-state index < -0.39 is 15.4 Å². The number of hydrogen-bond donors (Lipinski definition) is 0. The fourth-order valence-electron chi connectivity index (χ4n) is 3.98. The standard InChI is InChI=1S/C18H27NO3S.K/c20-23(21,22)18-7-4-12-19(14-18)13-15-8-10-17(11-9-15)16-5-2-1-3-6-16;/h8-11,16,18H,1-7,12-14H2,(H,20,21,22);/q;+1/p-1. The van der Waals surface area contributed by atoms with E-state index in [4.69, 9.17) is 0 Å². The van der Waals surface area contributed by atoms with Crippen molar-refractivity contribution in [2.75, 3.05) is 13.1 Å². The first-order valence-electron chi connectivity index (χ1n) is 8.78. The molecule has 1 heterocycles. The molecule has 3 rings (SSSR count). The largest absolute Gasteiger partial charge is 1.00 e. The SMILES string of the molecule is O=S(=O)([O-])C1CCCN(Cc2ccc(C3CCCCC3)cc2)C1.[K+]. The molecule has 0 bridgehead atoms. The maximum Gasteiger partial charge on any atom is 1.00 e. The van der Waals surface area contributed by atoms with Gasteiger partial charge in [0.25, 0.3) is 0 Å². The van der Waals surface area contributed by atoms with E-state index in [-0.39, 0.29) is 51.4 Å². The summed E-state index contributed by atoms with van der Waals surface area (Å²) in [6.45, 7) is 1.98. The van der Waals surface area contributed by atoms with Gasteiger partial charge in [0.05, 0.1) is 15.4 Å². The average molecular weight is 376 g/mol. The Morgan fingerprint density at radius 2 is 1.67 bits per heavy atom. The van der Waals surface area contributed by atoms with Crippen molar-refractivity contribution < 1.29 is 64.4 Å². The van der Waals surface area contributed by atoms with E-state index in [2.05, 4.69) is 29.2 Å². The van der Waals surface area contributed by atoms with Gasteiger partial charge in [0, 0.05) is 13.1 Å². The van der Waals surface area contributed by atoms with Crippen LogP contribution < -0.4 is 51.4 Å². The molecule has 1 saturated heterocycles. The third-order valence-electron chi connectivity index (χ3n) is 5.33. The predicted molar refractivity (Wildman–Crippen MR) is 90.3 cm³/mol. The number of nitrogens with zero attached hydrogens (tertiary/aromatic N) is 1. The Morgan fingerprint density at radius 1 is 1.00 bits per heavy atom. The fraction of sp³-hybridized carbons (Fsp3) is 0.667. The molecule has 1 saturated carbocycles. The monoisotopic (exact) mass is 375 g/mol. The van der Waals surface area contributed by atoms with Crippen molar-refractivity contribution >= 4 is 10.1 Å². The Kier molecular flexibility index (Phi) is 8.41. The molecule has 2 aliphatic rings. The van der Waals surface area contributed by atoms with Gasteiger partial charge in [-0.2, -0.15) is 0 Å². The normalized spacial score (nSPS) is 23.6. The van der Waals surface area contributed by atoms with Crippen molar-refractivity contribution in [3.05, 3.63) is 35.4 Å². The van der Waals surface area contributed by atoms with Crippen molar-refractivity contribution in [2.45, 2.75) is 62.7 Å². The van der Waals surface area contributed by atoms with Crippen LogP contribution >= 0.6 is 0 Å². The summed E-state index contributed by atoms with van der Waals surface area (Å²) in [4.78, 5) is 2.10. The molecule has 4 nitrogen and oxygen atoms in total. The van der Waals surface area contributed by atoms with Crippen LogP contribution in [0.3, 0.4) is 0 Å². The Bertz CT molecular complexity index is 612. The smallest absolute Gasteiger partial charge is 0.748 e. The minimum absolute atomic E-state index is 0. The van der Waals surface area contributed by atoms with Crippen LogP contribution in [-0.2, 0) is 16.7 Å². The maximum absolute atomic E-state index is 11.2. The van der Waals surface area contributed by atoms with E-state index in [1.54, 1.807) is 0 Å². The summed E-state index contributed by atoms with van der Waals surface area (Å²) in [5, 5.41) is -0.738. The molecule has 1 aliphatic carbocycles. The molecule has 1 aliphatic heterocycles. The second-order valence-electron chi connectivity index (χ2n) is 7.07. The van der Waals surface area contributed by atoms with Gasteiger partial charge >= 0.3 is 51.4 Å². The molecule has 1 atom stereocenters. The molecule has 0 aromatic heterocycles. The van der Waals surface area contributed by atoms with Crippen molar-refractivity contribution in [2.24, 2.45) is 0 Å². The molecule has 24 heavy (non-hydrogen) atoms. The van der Waals surface area contributed by atoms with Crippen LogP contribution in [-0.4, -0.2) is 36.2 Å². The minimum atomic E-state index is -4.16. The van der Waals surface area contributed by atoms with E-state index in [1.807, 2.05) is 0 Å². The third-order valence-corrected chi connectivity index (χ3v) is 6.53. The first-order chi connectivity index (χ1) is 11.0. The number of rotatable bonds is 4. The van der Waals surface area contributed by atoms with E-state index >= 15 is 0 Å². The van der Waals surface area contributed by atoms with Gasteiger partial charge in [0.15, 0.2) is 0 Å². The predicted octanol–water partition coefficient (Wildman–Crippen LogP) is 0.248. The van der Waals surface area contributed by atoms with Crippen molar-refractivity contribution in [3.63, 3.8) is 0 Å². The molecule has 0 N–H and O–H groups in total. The topological polar surface area (TPSA) is 60.4 Å². The van der Waals surface area contributed by atoms with E-state index in [0.717, 1.165) is 19.5 Å². The van der Waals surface area contributed by atoms with Gasteiger partial charge in [-0.05, 0) is 49.3 Å². The molecule has 0 amide bonds. The summed E-state index contributed by atoms with van der Waals surface area (Å²) in [6, 6.07) is 8.80. The minimum Gasteiger partial charge on any atom is -0.748 e. The van der Waals surface area contributed by atoms with E-state index in [1.165, 1.54) is 43.2 Å². The summed E-state index contributed by atoms with van der Waals surface area (Å²) >= 11 is 0. The zero-order valence-corrected chi connectivity index (χ0v) is 18.6. The zero-order chi connectivity index (χ0) is 16.3. The van der Waals surface area contributed by atoms with Crippen molar-refractivity contribution in [1.29, 1.82) is 0 Å². The van der Waals surface area contributed by atoms with Gasteiger partial charge in [-0.3, -0.25) is 4.90 Å². The van der Waals surface area contributed by atoms with Crippen LogP contribution in [0.5, 0.6) is 0 Å². The summed E-state index contributed by atoms with van der Waals surface area (Å²) in [5.74, 6) is 0.711. The number of hydrogen-bond acceptors (Lipinski definition) is 4. The summed E-state index contributed by atoms with van der Waals surface area (Å²) < 4.78 is 33.7. The number of likely N-dealkylation sites (tertiary alicyclic amines) is 1.